The van der Waals surface area contributed by atoms with Gasteiger partial charge in [0.2, 0.25) is 5.91 Å². The SMILES string of the molecule is COc1ccc(/C=C/C(=O)Nc2ccc([S@@](C)=O)cc2)c(OC)c1. The van der Waals surface area contributed by atoms with Crippen molar-refractivity contribution in [3.05, 3.63) is 54.1 Å². The summed E-state index contributed by atoms with van der Waals surface area (Å²) in [5, 5.41) is 2.75. The van der Waals surface area contributed by atoms with Crippen LogP contribution in [-0.4, -0.2) is 30.6 Å². The molecular formula is C18H19NO4S. The number of hydrogen-bond donors (Lipinski definition) is 1. The van der Waals surface area contributed by atoms with Gasteiger partial charge >= 0.3 is 0 Å². The summed E-state index contributed by atoms with van der Waals surface area (Å²) < 4.78 is 21.8. The van der Waals surface area contributed by atoms with Gasteiger partial charge in [-0.25, -0.2) is 0 Å². The summed E-state index contributed by atoms with van der Waals surface area (Å²) in [5.41, 5.74) is 1.41. The van der Waals surface area contributed by atoms with Crippen LogP contribution in [0.5, 0.6) is 11.5 Å². The zero-order valence-corrected chi connectivity index (χ0v) is 14.6. The molecule has 1 atom stereocenters. The molecule has 0 aliphatic carbocycles. The Hall–Kier alpha value is -2.60. The molecule has 24 heavy (non-hydrogen) atoms. The third-order valence-corrected chi connectivity index (χ3v) is 4.24. The highest BCUT2D eigenvalue weighted by Crippen LogP contribution is 2.25. The molecule has 0 radical (unpaired) electrons. The summed E-state index contributed by atoms with van der Waals surface area (Å²) in [6.07, 6.45) is 4.71. The second-order valence-corrected chi connectivity index (χ2v) is 6.29. The van der Waals surface area contributed by atoms with E-state index in [1.165, 1.54) is 6.08 Å². The Balaban J connectivity index is 2.06. The Bertz CT molecular complexity index is 769. The Morgan fingerprint density at radius 2 is 1.79 bits per heavy atom. The fraction of sp³-hybridized carbons (Fsp3) is 0.167. The van der Waals surface area contributed by atoms with E-state index in [1.807, 2.05) is 6.07 Å². The summed E-state index contributed by atoms with van der Waals surface area (Å²) in [5.74, 6) is 1.04. The minimum Gasteiger partial charge on any atom is -0.497 e. The van der Waals surface area contributed by atoms with Gasteiger partial charge in [-0.2, -0.15) is 0 Å². The van der Waals surface area contributed by atoms with E-state index in [1.54, 1.807) is 62.9 Å². The van der Waals surface area contributed by atoms with Crippen LogP contribution in [0.2, 0.25) is 0 Å². The van der Waals surface area contributed by atoms with Crippen molar-refractivity contribution in [2.24, 2.45) is 0 Å². The van der Waals surface area contributed by atoms with Gasteiger partial charge in [0.25, 0.3) is 0 Å². The third kappa shape index (κ3) is 4.70. The first-order valence-electron chi connectivity index (χ1n) is 7.18. The predicted octanol–water partition coefficient (Wildman–Crippen LogP) is 3.09. The second kappa shape index (κ2) is 8.31. The number of rotatable bonds is 6. The van der Waals surface area contributed by atoms with Crippen molar-refractivity contribution in [3.63, 3.8) is 0 Å². The molecule has 2 aromatic carbocycles. The normalized spacial score (nSPS) is 12.0. The van der Waals surface area contributed by atoms with E-state index in [0.29, 0.717) is 22.1 Å². The molecule has 126 valence electrons. The summed E-state index contributed by atoms with van der Waals surface area (Å²) in [4.78, 5) is 12.7. The molecule has 1 N–H and O–H groups in total. The molecule has 0 aromatic heterocycles. The minimum absolute atomic E-state index is 0.266. The quantitative estimate of drug-likeness (QED) is 0.817. The van der Waals surface area contributed by atoms with E-state index < -0.39 is 10.8 Å². The molecule has 0 spiro atoms. The Labute approximate surface area is 143 Å². The van der Waals surface area contributed by atoms with Gasteiger partial charge in [-0.15, -0.1) is 0 Å². The molecule has 0 saturated carbocycles. The van der Waals surface area contributed by atoms with Gasteiger partial charge in [-0.3, -0.25) is 9.00 Å². The van der Waals surface area contributed by atoms with Gasteiger partial charge in [-0.1, -0.05) is 0 Å². The van der Waals surface area contributed by atoms with Crippen LogP contribution in [0.25, 0.3) is 6.08 Å². The van der Waals surface area contributed by atoms with Crippen molar-refractivity contribution in [1.82, 2.24) is 0 Å². The first kappa shape index (κ1) is 17.7. The Kier molecular flexibility index (Phi) is 6.14. The number of hydrogen-bond acceptors (Lipinski definition) is 4. The van der Waals surface area contributed by atoms with Gasteiger partial charge in [0.05, 0.1) is 14.2 Å². The fourth-order valence-corrected chi connectivity index (χ4v) is 2.55. The van der Waals surface area contributed by atoms with E-state index in [2.05, 4.69) is 5.32 Å². The molecule has 0 aliphatic heterocycles. The van der Waals surface area contributed by atoms with Crippen LogP contribution in [0, 0.1) is 0 Å². The van der Waals surface area contributed by atoms with Crippen LogP contribution in [0.3, 0.4) is 0 Å². The molecule has 0 saturated heterocycles. The molecule has 0 unspecified atom stereocenters. The van der Waals surface area contributed by atoms with Crippen molar-refractivity contribution in [2.45, 2.75) is 4.90 Å². The van der Waals surface area contributed by atoms with Crippen molar-refractivity contribution in [2.75, 3.05) is 25.8 Å². The van der Waals surface area contributed by atoms with Crippen molar-refractivity contribution in [3.8, 4) is 11.5 Å². The molecule has 2 aromatic rings. The van der Waals surface area contributed by atoms with Crippen molar-refractivity contribution >= 4 is 28.5 Å². The number of carbonyl (C=O) groups is 1. The van der Waals surface area contributed by atoms with E-state index >= 15 is 0 Å². The average Bonchev–Trinajstić information content (AvgIpc) is 2.60. The summed E-state index contributed by atoms with van der Waals surface area (Å²) >= 11 is 0. The van der Waals surface area contributed by atoms with E-state index in [0.717, 1.165) is 5.56 Å². The monoisotopic (exact) mass is 345 g/mol. The van der Waals surface area contributed by atoms with Gasteiger partial charge in [0.1, 0.15) is 11.5 Å². The van der Waals surface area contributed by atoms with Crippen LogP contribution >= 0.6 is 0 Å². The van der Waals surface area contributed by atoms with Gasteiger partial charge < -0.3 is 14.8 Å². The first-order chi connectivity index (χ1) is 11.5. The topological polar surface area (TPSA) is 64.6 Å². The lowest BCUT2D eigenvalue weighted by Crippen LogP contribution is -2.07. The highest BCUT2D eigenvalue weighted by atomic mass is 32.2. The molecular weight excluding hydrogens is 326 g/mol. The molecule has 6 heteroatoms. The van der Waals surface area contributed by atoms with Crippen LogP contribution in [0.15, 0.2) is 53.4 Å². The minimum atomic E-state index is -1.04. The third-order valence-electron chi connectivity index (χ3n) is 3.31. The number of ether oxygens (including phenoxy) is 2. The number of nitrogens with one attached hydrogen (secondary N) is 1. The Morgan fingerprint density at radius 1 is 1.08 bits per heavy atom. The lowest BCUT2D eigenvalue weighted by atomic mass is 10.1. The summed E-state index contributed by atoms with van der Waals surface area (Å²) in [7, 11) is 2.11. The lowest BCUT2D eigenvalue weighted by Gasteiger charge is -2.07. The second-order valence-electron chi connectivity index (χ2n) is 4.91. The van der Waals surface area contributed by atoms with Crippen LogP contribution in [0.4, 0.5) is 5.69 Å². The van der Waals surface area contributed by atoms with Crippen molar-refractivity contribution < 1.29 is 18.5 Å². The molecule has 2 rings (SSSR count). The van der Waals surface area contributed by atoms with Crippen LogP contribution in [-0.2, 0) is 15.6 Å². The highest BCUT2D eigenvalue weighted by molar-refractivity contribution is 7.84. The highest BCUT2D eigenvalue weighted by Gasteiger charge is 2.04. The number of carbonyl (C=O) groups excluding carboxylic acids is 1. The molecule has 0 aliphatic rings. The number of amides is 1. The zero-order valence-electron chi connectivity index (χ0n) is 13.7. The standard InChI is InChI=1S/C18H19NO4S/c1-22-15-8-4-13(17(12-15)23-2)5-11-18(20)19-14-6-9-16(10-7-14)24(3)21/h4-12H,1-3H3,(H,19,20)/b11-5+/t24-/m1/s1. The predicted molar refractivity (Wildman–Crippen MR) is 96.0 cm³/mol. The van der Waals surface area contributed by atoms with Crippen molar-refractivity contribution in [1.29, 1.82) is 0 Å². The smallest absolute Gasteiger partial charge is 0.248 e. The average molecular weight is 345 g/mol. The zero-order chi connectivity index (χ0) is 17.5. The number of anilines is 1. The van der Waals surface area contributed by atoms with Crippen LogP contribution < -0.4 is 14.8 Å². The van der Waals surface area contributed by atoms with Gasteiger partial charge in [0, 0.05) is 45.3 Å². The maximum absolute atomic E-state index is 12.0. The molecule has 5 nitrogen and oxygen atoms in total. The summed E-state index contributed by atoms with van der Waals surface area (Å²) in [6.45, 7) is 0. The molecule has 0 heterocycles. The lowest BCUT2D eigenvalue weighted by molar-refractivity contribution is -0.111. The first-order valence-corrected chi connectivity index (χ1v) is 8.74. The number of benzene rings is 2. The van der Waals surface area contributed by atoms with Crippen LogP contribution in [0.1, 0.15) is 5.56 Å². The number of methoxy groups -OCH3 is 2. The van der Waals surface area contributed by atoms with Gasteiger partial charge in [0.15, 0.2) is 0 Å². The molecule has 0 bridgehead atoms. The maximum atomic E-state index is 12.0. The fourth-order valence-electron chi connectivity index (χ4n) is 2.04. The maximum Gasteiger partial charge on any atom is 0.248 e. The van der Waals surface area contributed by atoms with E-state index in [4.69, 9.17) is 9.47 Å². The molecule has 0 fully saturated rings. The largest absolute Gasteiger partial charge is 0.497 e. The molecule has 1 amide bonds. The van der Waals surface area contributed by atoms with E-state index in [-0.39, 0.29) is 5.91 Å². The van der Waals surface area contributed by atoms with Gasteiger partial charge in [-0.05, 0) is 42.5 Å². The Morgan fingerprint density at radius 3 is 2.38 bits per heavy atom. The van der Waals surface area contributed by atoms with E-state index in [9.17, 15) is 9.00 Å². The summed E-state index contributed by atoms with van der Waals surface area (Å²) in [6, 6.07) is 12.2.